The van der Waals surface area contributed by atoms with Gasteiger partial charge in [-0.3, -0.25) is 10.1 Å². The summed E-state index contributed by atoms with van der Waals surface area (Å²) in [5.41, 5.74) is 0.101. The molecule has 0 aliphatic carbocycles. The molecule has 100 valence electrons. The Bertz CT molecular complexity index is 598. The van der Waals surface area contributed by atoms with Crippen molar-refractivity contribution in [1.29, 1.82) is 0 Å². The van der Waals surface area contributed by atoms with E-state index in [1.807, 2.05) is 0 Å². The van der Waals surface area contributed by atoms with Crippen molar-refractivity contribution in [3.8, 4) is 5.75 Å². The number of aromatic nitrogens is 2. The molecule has 0 radical (unpaired) electrons. The first-order valence-electron chi connectivity index (χ1n) is 4.88. The Morgan fingerprint density at radius 3 is 2.74 bits per heavy atom. The van der Waals surface area contributed by atoms with Crippen LogP contribution in [0.2, 0.25) is 0 Å². The second-order valence-corrected chi connectivity index (χ2v) is 4.33. The third-order valence-electron chi connectivity index (χ3n) is 2.00. The summed E-state index contributed by atoms with van der Waals surface area (Å²) in [6, 6.07) is 3.57. The molecular formula is C10H6BrF2N3O3. The second kappa shape index (κ2) is 5.31. The molecule has 1 aromatic carbocycles. The number of halogens is 3. The Morgan fingerprint density at radius 1 is 1.42 bits per heavy atom. The van der Waals surface area contributed by atoms with Crippen LogP contribution < -0.4 is 5.32 Å². The van der Waals surface area contributed by atoms with Crippen LogP contribution in [0.15, 0.2) is 27.2 Å². The smallest absolute Gasteiger partial charge is 0.328 e. The third kappa shape index (κ3) is 3.25. The number of carbonyl (C=O) groups excluding carboxylic acids is 1. The van der Waals surface area contributed by atoms with Crippen LogP contribution in [0.1, 0.15) is 22.6 Å². The number of hydrogen-bond acceptors (Lipinski definition) is 5. The summed E-state index contributed by atoms with van der Waals surface area (Å²) in [6.07, 6.45) is -2.88. The van der Waals surface area contributed by atoms with Gasteiger partial charge in [-0.05, 0) is 18.2 Å². The van der Waals surface area contributed by atoms with E-state index in [9.17, 15) is 18.7 Å². The molecule has 1 heterocycles. The van der Waals surface area contributed by atoms with E-state index < -0.39 is 24.2 Å². The maximum absolute atomic E-state index is 12.2. The molecule has 2 N–H and O–H groups in total. The van der Waals surface area contributed by atoms with Crippen LogP contribution in [0.25, 0.3) is 0 Å². The van der Waals surface area contributed by atoms with E-state index in [0.29, 0.717) is 4.47 Å². The molecule has 9 heteroatoms. The predicted molar refractivity (Wildman–Crippen MR) is 63.0 cm³/mol. The van der Waals surface area contributed by atoms with Crippen molar-refractivity contribution >= 4 is 27.9 Å². The lowest BCUT2D eigenvalue weighted by Gasteiger charge is -2.02. The number of benzene rings is 1. The molecule has 0 unspecified atom stereocenters. The van der Waals surface area contributed by atoms with Crippen LogP contribution in [-0.2, 0) is 0 Å². The fourth-order valence-electron chi connectivity index (χ4n) is 1.25. The molecule has 0 aliphatic rings. The minimum atomic E-state index is -2.88. The van der Waals surface area contributed by atoms with Crippen molar-refractivity contribution in [2.24, 2.45) is 0 Å². The van der Waals surface area contributed by atoms with Crippen molar-refractivity contribution in [3.05, 3.63) is 34.1 Å². The monoisotopic (exact) mass is 333 g/mol. The molecule has 0 spiro atoms. The lowest BCUT2D eigenvalue weighted by molar-refractivity contribution is 0.102. The van der Waals surface area contributed by atoms with Gasteiger partial charge in [0.2, 0.25) is 5.82 Å². The van der Waals surface area contributed by atoms with Crippen molar-refractivity contribution < 1.29 is 23.2 Å². The number of rotatable bonds is 3. The van der Waals surface area contributed by atoms with Gasteiger partial charge in [0.15, 0.2) is 0 Å². The number of nitrogens with one attached hydrogen (secondary N) is 1. The summed E-state index contributed by atoms with van der Waals surface area (Å²) in [6.45, 7) is 0. The molecule has 1 amide bonds. The standard InChI is InChI=1S/C10H6BrF2N3O3/c11-5-1-4(2-6(17)3-5)9(18)15-10-14-8(7(12)13)16-19-10/h1-3,7,17H,(H,14,15,16,18). The van der Waals surface area contributed by atoms with Crippen LogP contribution in [0, 0.1) is 0 Å². The van der Waals surface area contributed by atoms with E-state index in [2.05, 4.69) is 35.9 Å². The fraction of sp³-hybridized carbons (Fsp3) is 0.100. The first-order chi connectivity index (χ1) is 8.95. The van der Waals surface area contributed by atoms with E-state index in [-0.39, 0.29) is 11.3 Å². The van der Waals surface area contributed by atoms with Gasteiger partial charge in [0.05, 0.1) is 0 Å². The molecule has 2 aromatic rings. The molecule has 0 saturated carbocycles. The second-order valence-electron chi connectivity index (χ2n) is 3.41. The predicted octanol–water partition coefficient (Wildman–Crippen LogP) is 2.73. The molecule has 19 heavy (non-hydrogen) atoms. The van der Waals surface area contributed by atoms with Crippen molar-refractivity contribution in [2.45, 2.75) is 6.43 Å². The molecule has 0 aliphatic heterocycles. The highest BCUT2D eigenvalue weighted by Gasteiger charge is 2.18. The van der Waals surface area contributed by atoms with Crippen LogP contribution in [0.4, 0.5) is 14.8 Å². The number of alkyl halides is 2. The lowest BCUT2D eigenvalue weighted by atomic mass is 10.2. The van der Waals surface area contributed by atoms with E-state index in [4.69, 9.17) is 0 Å². The van der Waals surface area contributed by atoms with Crippen LogP contribution in [-0.4, -0.2) is 21.2 Å². The average Bonchev–Trinajstić information content (AvgIpc) is 2.76. The Labute approximate surface area is 113 Å². The van der Waals surface area contributed by atoms with Crippen molar-refractivity contribution in [1.82, 2.24) is 10.1 Å². The zero-order valence-electron chi connectivity index (χ0n) is 9.10. The van der Waals surface area contributed by atoms with Gasteiger partial charge in [0, 0.05) is 10.0 Å². The lowest BCUT2D eigenvalue weighted by Crippen LogP contribution is -2.12. The summed E-state index contributed by atoms with van der Waals surface area (Å²) in [4.78, 5) is 15.0. The molecule has 0 saturated heterocycles. The number of hydrogen-bond donors (Lipinski definition) is 2. The molecule has 0 atom stereocenters. The van der Waals surface area contributed by atoms with Gasteiger partial charge < -0.3 is 9.63 Å². The van der Waals surface area contributed by atoms with Gasteiger partial charge >= 0.3 is 12.4 Å². The quantitative estimate of drug-likeness (QED) is 0.901. The van der Waals surface area contributed by atoms with E-state index in [0.717, 1.165) is 0 Å². The van der Waals surface area contributed by atoms with Crippen LogP contribution in [0.5, 0.6) is 5.75 Å². The average molecular weight is 334 g/mol. The van der Waals surface area contributed by atoms with Gasteiger partial charge in [-0.2, -0.15) is 4.98 Å². The highest BCUT2D eigenvalue weighted by atomic mass is 79.9. The summed E-state index contributed by atoms with van der Waals surface area (Å²) < 4.78 is 29.3. The van der Waals surface area contributed by atoms with Crippen LogP contribution in [0.3, 0.4) is 0 Å². The molecule has 2 rings (SSSR count). The number of aromatic hydroxyl groups is 1. The van der Waals surface area contributed by atoms with Crippen molar-refractivity contribution in [3.63, 3.8) is 0 Å². The van der Waals surface area contributed by atoms with Crippen LogP contribution >= 0.6 is 15.9 Å². The Hall–Kier alpha value is -2.03. The van der Waals surface area contributed by atoms with E-state index in [1.54, 1.807) is 0 Å². The largest absolute Gasteiger partial charge is 0.508 e. The van der Waals surface area contributed by atoms with Gasteiger partial charge in [-0.1, -0.05) is 21.1 Å². The van der Waals surface area contributed by atoms with E-state index >= 15 is 0 Å². The first-order valence-corrected chi connectivity index (χ1v) is 5.67. The number of carbonyl (C=O) groups is 1. The molecular weight excluding hydrogens is 328 g/mol. The maximum Gasteiger partial charge on any atom is 0.328 e. The number of phenols is 1. The summed E-state index contributed by atoms with van der Waals surface area (Å²) in [5.74, 6) is -1.62. The minimum Gasteiger partial charge on any atom is -0.508 e. The van der Waals surface area contributed by atoms with Gasteiger partial charge in [0.25, 0.3) is 5.91 Å². The number of amides is 1. The topological polar surface area (TPSA) is 88.3 Å². The number of nitrogens with zero attached hydrogens (tertiary/aromatic N) is 2. The highest BCUT2D eigenvalue weighted by molar-refractivity contribution is 9.10. The summed E-state index contributed by atoms with van der Waals surface area (Å²) in [7, 11) is 0. The molecule has 1 aromatic heterocycles. The van der Waals surface area contributed by atoms with Gasteiger partial charge in [-0.15, -0.1) is 0 Å². The normalized spacial score (nSPS) is 10.7. The Kier molecular flexibility index (Phi) is 3.74. The molecule has 6 nitrogen and oxygen atoms in total. The SMILES string of the molecule is O=C(Nc1nc(C(F)F)no1)c1cc(O)cc(Br)c1. The highest BCUT2D eigenvalue weighted by Crippen LogP contribution is 2.21. The Balaban J connectivity index is 2.15. The number of anilines is 1. The van der Waals surface area contributed by atoms with Gasteiger partial charge in [0.1, 0.15) is 5.75 Å². The molecule has 0 fully saturated rings. The van der Waals surface area contributed by atoms with Gasteiger partial charge in [-0.25, -0.2) is 8.78 Å². The van der Waals surface area contributed by atoms with E-state index in [1.165, 1.54) is 18.2 Å². The zero-order chi connectivity index (χ0) is 14.0. The molecule has 0 bridgehead atoms. The Morgan fingerprint density at radius 2 is 2.16 bits per heavy atom. The van der Waals surface area contributed by atoms with Crippen molar-refractivity contribution in [2.75, 3.05) is 5.32 Å². The summed E-state index contributed by atoms with van der Waals surface area (Å²) >= 11 is 3.10. The third-order valence-corrected chi connectivity index (χ3v) is 2.46. The maximum atomic E-state index is 12.2. The number of phenolic OH excluding ortho intramolecular Hbond substituents is 1. The first kappa shape index (κ1) is 13.4. The minimum absolute atomic E-state index is 0.101. The fourth-order valence-corrected chi connectivity index (χ4v) is 1.73. The summed E-state index contributed by atoms with van der Waals surface area (Å²) in [5, 5.41) is 14.5. The zero-order valence-corrected chi connectivity index (χ0v) is 10.7.